The number of hydrogen-bond donors (Lipinski definition) is 1. The lowest BCUT2D eigenvalue weighted by Gasteiger charge is -2.30. The first-order chi connectivity index (χ1) is 6.53. The number of hydrogen-bond acceptors (Lipinski definition) is 4. The summed E-state index contributed by atoms with van der Waals surface area (Å²) in [5.41, 5.74) is 0. The van der Waals surface area contributed by atoms with Gasteiger partial charge in [0.1, 0.15) is 0 Å². The molecule has 1 saturated carbocycles. The topological polar surface area (TPSA) is 55.4 Å². The van der Waals surface area contributed by atoms with Crippen molar-refractivity contribution < 1.29 is 12.6 Å². The van der Waals surface area contributed by atoms with Gasteiger partial charge in [0.2, 0.25) is 0 Å². The summed E-state index contributed by atoms with van der Waals surface area (Å²) in [4.78, 5) is 0. The Morgan fingerprint density at radius 3 is 2.57 bits per heavy atom. The summed E-state index contributed by atoms with van der Waals surface area (Å²) >= 11 is 0. The molecule has 0 aromatic rings. The Kier molecular flexibility index (Phi) is 4.34. The molecule has 0 aromatic carbocycles. The lowest BCUT2D eigenvalue weighted by molar-refractivity contribution is 0.100. The zero-order chi connectivity index (χ0) is 10.6. The van der Waals surface area contributed by atoms with Crippen LogP contribution < -0.4 is 5.32 Å². The van der Waals surface area contributed by atoms with Gasteiger partial charge in [-0.05, 0) is 25.8 Å². The van der Waals surface area contributed by atoms with E-state index in [1.165, 1.54) is 6.42 Å². The van der Waals surface area contributed by atoms with Crippen LogP contribution in [0.25, 0.3) is 0 Å². The fourth-order valence-corrected chi connectivity index (χ4v) is 2.72. The monoisotopic (exact) mass is 221 g/mol. The van der Waals surface area contributed by atoms with E-state index in [-0.39, 0.29) is 6.10 Å². The predicted octanol–water partition coefficient (Wildman–Crippen LogP) is 0.741. The number of nitrogens with one attached hydrogen (secondary N) is 1. The molecule has 1 rings (SSSR count). The summed E-state index contributed by atoms with van der Waals surface area (Å²) in [7, 11) is -1.42. The van der Waals surface area contributed by atoms with Gasteiger partial charge in [-0.25, -0.2) is 0 Å². The van der Waals surface area contributed by atoms with Gasteiger partial charge >= 0.3 is 0 Å². The predicted molar refractivity (Wildman–Crippen MR) is 55.6 cm³/mol. The molecule has 5 heteroatoms. The minimum absolute atomic E-state index is 0.119. The van der Waals surface area contributed by atoms with Crippen molar-refractivity contribution in [3.05, 3.63) is 0 Å². The second kappa shape index (κ2) is 5.09. The van der Waals surface area contributed by atoms with Crippen LogP contribution >= 0.6 is 0 Å². The Labute approximate surface area is 86.2 Å². The van der Waals surface area contributed by atoms with Crippen LogP contribution in [0.4, 0.5) is 0 Å². The molecule has 1 fully saturated rings. The van der Waals surface area contributed by atoms with Crippen LogP contribution in [0, 0.1) is 5.92 Å². The average Bonchev–Trinajstić information content (AvgIpc) is 2.06. The Morgan fingerprint density at radius 2 is 2.00 bits per heavy atom. The Bertz CT molecular complexity index is 261. The molecular weight excluding hydrogens is 202 g/mol. The van der Waals surface area contributed by atoms with Crippen LogP contribution in [0.3, 0.4) is 0 Å². The first kappa shape index (κ1) is 11.9. The molecule has 84 valence electrons. The van der Waals surface area contributed by atoms with E-state index in [9.17, 15) is 8.42 Å². The SMILES string of the molecule is CNCC1CCCCC1OS(C)(=O)=O. The Morgan fingerprint density at radius 1 is 1.36 bits per heavy atom. The lowest BCUT2D eigenvalue weighted by atomic mass is 9.86. The van der Waals surface area contributed by atoms with Crippen molar-refractivity contribution in [3.63, 3.8) is 0 Å². The number of rotatable bonds is 4. The van der Waals surface area contributed by atoms with Crippen LogP contribution in [0.2, 0.25) is 0 Å². The molecule has 2 unspecified atom stereocenters. The quantitative estimate of drug-likeness (QED) is 0.711. The highest BCUT2D eigenvalue weighted by Gasteiger charge is 2.28. The minimum atomic E-state index is -3.30. The molecule has 1 aliphatic rings. The van der Waals surface area contributed by atoms with Gasteiger partial charge in [-0.15, -0.1) is 0 Å². The lowest BCUT2D eigenvalue weighted by Crippen LogP contribution is -2.35. The molecule has 0 saturated heterocycles. The summed E-state index contributed by atoms with van der Waals surface area (Å²) < 4.78 is 27.1. The molecule has 4 nitrogen and oxygen atoms in total. The molecule has 1 N–H and O–H groups in total. The average molecular weight is 221 g/mol. The van der Waals surface area contributed by atoms with Crippen molar-refractivity contribution in [2.75, 3.05) is 19.8 Å². The maximum atomic E-state index is 11.0. The largest absolute Gasteiger partial charge is 0.319 e. The standard InChI is InChI=1S/C9H19NO3S/c1-10-7-8-5-3-4-6-9(8)13-14(2,11)12/h8-10H,3-7H2,1-2H3. The second-order valence-electron chi connectivity index (χ2n) is 3.94. The molecule has 0 amide bonds. The first-order valence-corrected chi connectivity index (χ1v) is 6.87. The van der Waals surface area contributed by atoms with E-state index in [2.05, 4.69) is 5.32 Å². The van der Waals surface area contributed by atoms with Crippen molar-refractivity contribution in [2.24, 2.45) is 5.92 Å². The summed E-state index contributed by atoms with van der Waals surface area (Å²) in [6.07, 6.45) is 5.17. The van der Waals surface area contributed by atoms with E-state index in [0.717, 1.165) is 32.1 Å². The van der Waals surface area contributed by atoms with E-state index in [1.54, 1.807) is 0 Å². The molecule has 14 heavy (non-hydrogen) atoms. The van der Waals surface area contributed by atoms with E-state index in [1.807, 2.05) is 7.05 Å². The van der Waals surface area contributed by atoms with Crippen LogP contribution in [-0.2, 0) is 14.3 Å². The van der Waals surface area contributed by atoms with Gasteiger partial charge < -0.3 is 5.32 Å². The van der Waals surface area contributed by atoms with Crippen molar-refractivity contribution in [2.45, 2.75) is 31.8 Å². The summed E-state index contributed by atoms with van der Waals surface area (Å²) in [6, 6.07) is 0. The van der Waals surface area contributed by atoms with E-state index >= 15 is 0 Å². The van der Waals surface area contributed by atoms with Gasteiger partial charge in [0.15, 0.2) is 0 Å². The zero-order valence-electron chi connectivity index (χ0n) is 8.82. The molecular formula is C9H19NO3S. The highest BCUT2D eigenvalue weighted by molar-refractivity contribution is 7.86. The van der Waals surface area contributed by atoms with E-state index < -0.39 is 10.1 Å². The summed E-state index contributed by atoms with van der Waals surface area (Å²) in [5, 5.41) is 3.08. The first-order valence-electron chi connectivity index (χ1n) is 5.06. The maximum Gasteiger partial charge on any atom is 0.264 e. The third-order valence-electron chi connectivity index (χ3n) is 2.60. The third kappa shape index (κ3) is 3.94. The fraction of sp³-hybridized carbons (Fsp3) is 1.00. The van der Waals surface area contributed by atoms with Crippen LogP contribution in [0.15, 0.2) is 0 Å². The highest BCUT2D eigenvalue weighted by atomic mass is 32.2. The third-order valence-corrected chi connectivity index (χ3v) is 3.20. The van der Waals surface area contributed by atoms with Crippen LogP contribution in [0.1, 0.15) is 25.7 Å². The molecule has 0 spiro atoms. The van der Waals surface area contributed by atoms with Crippen LogP contribution in [-0.4, -0.2) is 34.4 Å². The highest BCUT2D eigenvalue weighted by Crippen LogP contribution is 2.27. The molecule has 0 radical (unpaired) electrons. The zero-order valence-corrected chi connectivity index (χ0v) is 9.64. The van der Waals surface area contributed by atoms with Gasteiger partial charge in [-0.3, -0.25) is 4.18 Å². The van der Waals surface area contributed by atoms with E-state index in [4.69, 9.17) is 4.18 Å². The normalized spacial score (nSPS) is 29.0. The Hall–Kier alpha value is -0.130. The molecule has 2 atom stereocenters. The summed E-state index contributed by atoms with van der Waals surface area (Å²) in [5.74, 6) is 0.337. The maximum absolute atomic E-state index is 11.0. The van der Waals surface area contributed by atoms with Crippen molar-refractivity contribution >= 4 is 10.1 Å². The smallest absolute Gasteiger partial charge is 0.264 e. The Balaban J connectivity index is 2.54. The van der Waals surface area contributed by atoms with Crippen LogP contribution in [0.5, 0.6) is 0 Å². The van der Waals surface area contributed by atoms with Gasteiger partial charge in [0, 0.05) is 6.54 Å². The fourth-order valence-electron chi connectivity index (χ4n) is 2.02. The van der Waals surface area contributed by atoms with Gasteiger partial charge in [-0.1, -0.05) is 12.8 Å². The van der Waals surface area contributed by atoms with Gasteiger partial charge in [-0.2, -0.15) is 8.42 Å². The van der Waals surface area contributed by atoms with Crippen molar-refractivity contribution in [1.82, 2.24) is 5.32 Å². The second-order valence-corrected chi connectivity index (χ2v) is 5.54. The summed E-state index contributed by atoms with van der Waals surface area (Å²) in [6.45, 7) is 0.834. The van der Waals surface area contributed by atoms with Gasteiger partial charge in [0.05, 0.1) is 12.4 Å². The minimum Gasteiger partial charge on any atom is -0.319 e. The molecule has 0 heterocycles. The van der Waals surface area contributed by atoms with Crippen molar-refractivity contribution in [1.29, 1.82) is 0 Å². The molecule has 0 bridgehead atoms. The van der Waals surface area contributed by atoms with Crippen molar-refractivity contribution in [3.8, 4) is 0 Å². The van der Waals surface area contributed by atoms with Gasteiger partial charge in [0.25, 0.3) is 10.1 Å². The molecule has 0 aromatic heterocycles. The van der Waals surface area contributed by atoms with E-state index in [0.29, 0.717) is 5.92 Å². The molecule has 0 aliphatic heterocycles. The molecule has 1 aliphatic carbocycles.